The maximum absolute atomic E-state index is 13.0. The Morgan fingerprint density at radius 3 is 2.57 bits per heavy atom. The number of halogens is 1. The van der Waals surface area contributed by atoms with Gasteiger partial charge in [0.2, 0.25) is 11.9 Å². The molecular weight excluding hydrogens is 490 g/mol. The van der Waals surface area contributed by atoms with E-state index < -0.39 is 5.41 Å². The van der Waals surface area contributed by atoms with E-state index in [2.05, 4.69) is 16.0 Å². The first-order chi connectivity index (χ1) is 17.6. The number of rotatable bonds is 9. The zero-order valence-electron chi connectivity index (χ0n) is 22.2. The van der Waals surface area contributed by atoms with Gasteiger partial charge in [-0.25, -0.2) is 4.98 Å². The molecule has 1 fully saturated rings. The van der Waals surface area contributed by atoms with Crippen LogP contribution >= 0.6 is 11.6 Å². The van der Waals surface area contributed by atoms with Crippen molar-refractivity contribution >= 4 is 46.1 Å². The number of carbonyl (C=O) groups excluding carboxylic acids is 2. The van der Waals surface area contributed by atoms with Crippen LogP contribution in [0.15, 0.2) is 30.3 Å². The van der Waals surface area contributed by atoms with E-state index in [9.17, 15) is 9.59 Å². The number of aromatic nitrogens is 2. The lowest BCUT2D eigenvalue weighted by Crippen LogP contribution is -2.34. The number of anilines is 2. The van der Waals surface area contributed by atoms with Crippen molar-refractivity contribution in [1.82, 2.24) is 20.2 Å². The minimum Gasteiger partial charge on any atom is -0.493 e. The highest BCUT2D eigenvalue weighted by Gasteiger charge is 2.22. The first kappa shape index (κ1) is 26.8. The van der Waals surface area contributed by atoms with Gasteiger partial charge in [-0.2, -0.15) is 0 Å². The summed E-state index contributed by atoms with van der Waals surface area (Å²) in [5.74, 6) is 1.50. The van der Waals surface area contributed by atoms with Crippen LogP contribution in [-0.4, -0.2) is 34.5 Å². The number of ether oxygens (including phenoxy) is 1. The third-order valence-electron chi connectivity index (χ3n) is 6.71. The Balaban J connectivity index is 1.58. The van der Waals surface area contributed by atoms with Crippen LogP contribution in [0.3, 0.4) is 0 Å². The lowest BCUT2D eigenvalue weighted by atomic mass is 9.85. The molecule has 1 aliphatic carbocycles. The second-order valence-corrected chi connectivity index (χ2v) is 11.1. The molecule has 1 aromatic heterocycles. The maximum Gasteiger partial charge on any atom is 0.255 e. The molecular formula is C28H36ClN5O3. The zero-order chi connectivity index (χ0) is 26.7. The first-order valence-corrected chi connectivity index (χ1v) is 13.2. The molecule has 1 aliphatic rings. The lowest BCUT2D eigenvalue weighted by Gasteiger charge is -2.25. The van der Waals surface area contributed by atoms with Crippen LogP contribution in [0, 0.1) is 11.3 Å². The molecule has 0 saturated heterocycles. The van der Waals surface area contributed by atoms with Crippen molar-refractivity contribution in [3.05, 3.63) is 46.5 Å². The minimum atomic E-state index is -0.464. The van der Waals surface area contributed by atoms with Crippen LogP contribution in [0.1, 0.15) is 62.9 Å². The van der Waals surface area contributed by atoms with E-state index in [1.807, 2.05) is 57.5 Å². The van der Waals surface area contributed by atoms with Gasteiger partial charge in [0.15, 0.2) is 0 Å². The monoisotopic (exact) mass is 525 g/mol. The minimum absolute atomic E-state index is 0.0232. The Kier molecular flexibility index (Phi) is 7.97. The molecule has 2 amide bonds. The van der Waals surface area contributed by atoms with Crippen molar-refractivity contribution in [3.8, 4) is 5.75 Å². The van der Waals surface area contributed by atoms with Gasteiger partial charge in [0.25, 0.3) is 5.91 Å². The van der Waals surface area contributed by atoms with E-state index in [0.29, 0.717) is 59.1 Å². The molecule has 198 valence electrons. The van der Waals surface area contributed by atoms with E-state index in [4.69, 9.17) is 21.3 Å². The van der Waals surface area contributed by atoms with Gasteiger partial charge in [0.05, 0.1) is 33.9 Å². The summed E-state index contributed by atoms with van der Waals surface area (Å²) in [6, 6.07) is 9.21. The fourth-order valence-corrected chi connectivity index (χ4v) is 4.32. The summed E-state index contributed by atoms with van der Waals surface area (Å²) >= 11 is 6.48. The lowest BCUT2D eigenvalue weighted by molar-refractivity contribution is -0.128. The molecule has 1 saturated carbocycles. The van der Waals surface area contributed by atoms with Crippen LogP contribution in [-0.2, 0) is 18.4 Å². The molecule has 0 atom stereocenters. The SMILES string of the molecule is CCOc1cc2c(cc1C(=O)NCC1CCC1)nc(Nc1cc(CNC(=O)C(C)(C)C)ccc1Cl)n2C. The van der Waals surface area contributed by atoms with E-state index in [1.54, 1.807) is 12.1 Å². The molecule has 0 spiro atoms. The number of nitrogens with zero attached hydrogens (tertiary/aromatic N) is 2. The smallest absolute Gasteiger partial charge is 0.255 e. The molecule has 37 heavy (non-hydrogen) atoms. The number of carbonyl (C=O) groups is 2. The summed E-state index contributed by atoms with van der Waals surface area (Å²) in [5.41, 5.74) is 3.10. The molecule has 3 aromatic rings. The third-order valence-corrected chi connectivity index (χ3v) is 7.04. The summed E-state index contributed by atoms with van der Waals surface area (Å²) in [4.78, 5) is 30.0. The summed E-state index contributed by atoms with van der Waals surface area (Å²) in [6.45, 7) is 9.06. The quantitative estimate of drug-likeness (QED) is 0.340. The number of nitrogens with one attached hydrogen (secondary N) is 3. The van der Waals surface area contributed by atoms with Gasteiger partial charge >= 0.3 is 0 Å². The normalized spacial score (nSPS) is 13.8. The number of imidazole rings is 1. The maximum atomic E-state index is 13.0. The molecule has 0 bridgehead atoms. The number of aryl methyl sites for hydroxylation is 1. The van der Waals surface area contributed by atoms with Gasteiger partial charge in [-0.3, -0.25) is 9.59 Å². The number of fused-ring (bicyclic) bond motifs is 1. The van der Waals surface area contributed by atoms with Gasteiger partial charge < -0.3 is 25.3 Å². The highest BCUT2D eigenvalue weighted by Crippen LogP contribution is 2.32. The second kappa shape index (κ2) is 11.0. The summed E-state index contributed by atoms with van der Waals surface area (Å²) in [7, 11) is 1.89. The topological polar surface area (TPSA) is 97.3 Å². The van der Waals surface area contributed by atoms with E-state index in [1.165, 1.54) is 19.3 Å². The largest absolute Gasteiger partial charge is 0.493 e. The first-order valence-electron chi connectivity index (χ1n) is 12.8. The van der Waals surface area contributed by atoms with E-state index in [-0.39, 0.29) is 11.8 Å². The van der Waals surface area contributed by atoms with Gasteiger partial charge in [0.1, 0.15) is 5.75 Å². The standard InChI is InChI=1S/C28H36ClN5O3/c1-6-37-24-14-23-22(13-19(24)25(35)30-15-17-8-7-9-17)33-27(34(23)5)32-21-12-18(10-11-20(21)29)16-31-26(36)28(2,3)4/h10-14,17H,6-9,15-16H2,1-5H3,(H,30,35)(H,31,36)(H,32,33). The molecule has 4 rings (SSSR count). The Bertz CT molecular complexity index is 1310. The number of hydrogen-bond acceptors (Lipinski definition) is 5. The van der Waals surface area contributed by atoms with Crippen molar-refractivity contribution in [2.75, 3.05) is 18.5 Å². The van der Waals surface area contributed by atoms with Crippen LogP contribution < -0.4 is 20.7 Å². The predicted octanol–water partition coefficient (Wildman–Crippen LogP) is 5.56. The number of benzene rings is 2. The fourth-order valence-electron chi connectivity index (χ4n) is 4.16. The Morgan fingerprint density at radius 2 is 1.92 bits per heavy atom. The van der Waals surface area contributed by atoms with Crippen molar-refractivity contribution in [1.29, 1.82) is 0 Å². The molecule has 0 aliphatic heterocycles. The molecule has 8 nitrogen and oxygen atoms in total. The highest BCUT2D eigenvalue weighted by atomic mass is 35.5. The van der Waals surface area contributed by atoms with Crippen LogP contribution in [0.4, 0.5) is 11.6 Å². The van der Waals surface area contributed by atoms with Gasteiger partial charge in [-0.15, -0.1) is 0 Å². The molecule has 0 unspecified atom stereocenters. The molecule has 2 aromatic carbocycles. The van der Waals surface area contributed by atoms with Gasteiger partial charge in [0, 0.05) is 31.6 Å². The van der Waals surface area contributed by atoms with E-state index >= 15 is 0 Å². The predicted molar refractivity (Wildman–Crippen MR) is 148 cm³/mol. The van der Waals surface area contributed by atoms with Gasteiger partial charge in [-0.1, -0.05) is 44.9 Å². The van der Waals surface area contributed by atoms with Gasteiger partial charge in [-0.05, 0) is 49.4 Å². The average molecular weight is 526 g/mol. The van der Waals surface area contributed by atoms with Crippen LogP contribution in [0.5, 0.6) is 5.75 Å². The molecule has 3 N–H and O–H groups in total. The van der Waals surface area contributed by atoms with Crippen molar-refractivity contribution in [2.24, 2.45) is 18.4 Å². The third kappa shape index (κ3) is 6.18. The highest BCUT2D eigenvalue weighted by molar-refractivity contribution is 6.33. The number of hydrogen-bond donors (Lipinski definition) is 3. The Morgan fingerprint density at radius 1 is 1.16 bits per heavy atom. The van der Waals surface area contributed by atoms with E-state index in [0.717, 1.165) is 11.1 Å². The summed E-state index contributed by atoms with van der Waals surface area (Å²) < 4.78 is 7.72. The fraction of sp³-hybridized carbons (Fsp3) is 0.464. The Labute approximate surface area is 223 Å². The summed E-state index contributed by atoms with van der Waals surface area (Å²) in [6.07, 6.45) is 3.57. The van der Waals surface area contributed by atoms with Crippen molar-refractivity contribution < 1.29 is 14.3 Å². The average Bonchev–Trinajstić information content (AvgIpc) is 3.11. The second-order valence-electron chi connectivity index (χ2n) is 10.6. The summed E-state index contributed by atoms with van der Waals surface area (Å²) in [5, 5.41) is 9.85. The van der Waals surface area contributed by atoms with Crippen molar-refractivity contribution in [3.63, 3.8) is 0 Å². The van der Waals surface area contributed by atoms with Crippen LogP contribution in [0.25, 0.3) is 11.0 Å². The molecule has 9 heteroatoms. The zero-order valence-corrected chi connectivity index (χ0v) is 23.0. The Hall–Kier alpha value is -3.26. The van der Waals surface area contributed by atoms with Crippen LogP contribution in [0.2, 0.25) is 5.02 Å². The molecule has 1 heterocycles. The van der Waals surface area contributed by atoms with Crippen molar-refractivity contribution in [2.45, 2.75) is 53.5 Å². The molecule has 0 radical (unpaired) electrons. The number of amides is 2.